The van der Waals surface area contributed by atoms with Gasteiger partial charge < -0.3 is 10.6 Å². The van der Waals surface area contributed by atoms with Crippen LogP contribution in [0.3, 0.4) is 0 Å². The van der Waals surface area contributed by atoms with Gasteiger partial charge >= 0.3 is 6.18 Å². The summed E-state index contributed by atoms with van der Waals surface area (Å²) in [5.74, 6) is 0. The summed E-state index contributed by atoms with van der Waals surface area (Å²) in [5.41, 5.74) is 5.53. The SMILES string of the molecule is CC(N)CCN(C)CCCC(F)(F)F. The minimum Gasteiger partial charge on any atom is -0.328 e. The van der Waals surface area contributed by atoms with E-state index in [0.717, 1.165) is 13.0 Å². The lowest BCUT2D eigenvalue weighted by molar-refractivity contribution is -0.136. The van der Waals surface area contributed by atoms with Crippen LogP contribution < -0.4 is 5.73 Å². The van der Waals surface area contributed by atoms with Gasteiger partial charge in [-0.25, -0.2) is 0 Å². The van der Waals surface area contributed by atoms with E-state index < -0.39 is 12.6 Å². The van der Waals surface area contributed by atoms with Gasteiger partial charge in [-0.1, -0.05) is 0 Å². The molecule has 0 aromatic heterocycles. The lowest BCUT2D eigenvalue weighted by Gasteiger charge is -2.17. The number of hydrogen-bond donors (Lipinski definition) is 1. The zero-order valence-corrected chi connectivity index (χ0v) is 8.77. The van der Waals surface area contributed by atoms with Gasteiger partial charge in [-0.05, 0) is 39.9 Å². The van der Waals surface area contributed by atoms with Gasteiger partial charge in [0, 0.05) is 12.5 Å². The largest absolute Gasteiger partial charge is 0.389 e. The molecule has 0 rings (SSSR count). The van der Waals surface area contributed by atoms with Crippen LogP contribution in [0.15, 0.2) is 0 Å². The van der Waals surface area contributed by atoms with Crippen molar-refractivity contribution < 1.29 is 13.2 Å². The minimum absolute atomic E-state index is 0.111. The fraction of sp³-hybridized carbons (Fsp3) is 1.00. The average molecular weight is 212 g/mol. The van der Waals surface area contributed by atoms with Gasteiger partial charge in [0.1, 0.15) is 0 Å². The molecule has 1 unspecified atom stereocenters. The molecule has 0 aromatic rings. The van der Waals surface area contributed by atoms with E-state index in [0.29, 0.717) is 6.54 Å². The van der Waals surface area contributed by atoms with E-state index in [1.807, 2.05) is 18.9 Å². The number of nitrogens with two attached hydrogens (primary N) is 1. The Morgan fingerprint density at radius 2 is 1.86 bits per heavy atom. The van der Waals surface area contributed by atoms with Crippen LogP contribution in [0.1, 0.15) is 26.2 Å². The van der Waals surface area contributed by atoms with Crippen molar-refractivity contribution in [1.82, 2.24) is 4.90 Å². The van der Waals surface area contributed by atoms with E-state index in [4.69, 9.17) is 5.73 Å². The van der Waals surface area contributed by atoms with Crippen molar-refractivity contribution in [2.24, 2.45) is 5.73 Å². The Labute approximate surface area is 83.3 Å². The van der Waals surface area contributed by atoms with Crippen LogP contribution in [-0.2, 0) is 0 Å². The first-order valence-corrected chi connectivity index (χ1v) is 4.82. The van der Waals surface area contributed by atoms with E-state index >= 15 is 0 Å². The van der Waals surface area contributed by atoms with E-state index in [1.165, 1.54) is 0 Å². The molecule has 5 heteroatoms. The maximum atomic E-state index is 11.8. The summed E-state index contributed by atoms with van der Waals surface area (Å²) in [6.45, 7) is 3.13. The normalized spacial score (nSPS) is 14.8. The number of alkyl halides is 3. The Hall–Kier alpha value is -0.290. The Bertz CT molecular complexity index is 145. The molecule has 0 spiro atoms. The van der Waals surface area contributed by atoms with Crippen molar-refractivity contribution in [1.29, 1.82) is 0 Å². The Morgan fingerprint density at radius 3 is 2.29 bits per heavy atom. The van der Waals surface area contributed by atoms with Gasteiger partial charge in [0.25, 0.3) is 0 Å². The van der Waals surface area contributed by atoms with E-state index in [-0.39, 0.29) is 12.5 Å². The van der Waals surface area contributed by atoms with E-state index in [1.54, 1.807) is 0 Å². The molecule has 0 bridgehead atoms. The number of halogens is 3. The highest BCUT2D eigenvalue weighted by molar-refractivity contribution is 4.59. The third-order valence-corrected chi connectivity index (χ3v) is 1.97. The van der Waals surface area contributed by atoms with Crippen molar-refractivity contribution in [2.75, 3.05) is 20.1 Å². The van der Waals surface area contributed by atoms with Gasteiger partial charge in [0.05, 0.1) is 0 Å². The topological polar surface area (TPSA) is 29.3 Å². The minimum atomic E-state index is -4.03. The van der Waals surface area contributed by atoms with Gasteiger partial charge in [0.15, 0.2) is 0 Å². The van der Waals surface area contributed by atoms with Gasteiger partial charge in [-0.15, -0.1) is 0 Å². The van der Waals surface area contributed by atoms with Crippen LogP contribution in [0.4, 0.5) is 13.2 Å². The molecular weight excluding hydrogens is 193 g/mol. The highest BCUT2D eigenvalue weighted by Crippen LogP contribution is 2.21. The first kappa shape index (κ1) is 13.7. The fourth-order valence-corrected chi connectivity index (χ4v) is 1.09. The lowest BCUT2D eigenvalue weighted by atomic mass is 10.2. The van der Waals surface area contributed by atoms with Crippen molar-refractivity contribution in [3.05, 3.63) is 0 Å². The lowest BCUT2D eigenvalue weighted by Crippen LogP contribution is -2.27. The highest BCUT2D eigenvalue weighted by atomic mass is 19.4. The summed E-state index contributed by atoms with van der Waals surface area (Å²) in [6, 6.07) is 0.111. The molecule has 0 fully saturated rings. The Kier molecular flexibility index (Phi) is 6.11. The summed E-state index contributed by atoms with van der Waals surface area (Å²) < 4.78 is 35.3. The second kappa shape index (κ2) is 6.24. The van der Waals surface area contributed by atoms with E-state index in [9.17, 15) is 13.2 Å². The molecular formula is C9H19F3N2. The quantitative estimate of drug-likeness (QED) is 0.729. The van der Waals surface area contributed by atoms with Crippen LogP contribution in [0.2, 0.25) is 0 Å². The first-order chi connectivity index (χ1) is 6.31. The van der Waals surface area contributed by atoms with Crippen LogP contribution in [0.25, 0.3) is 0 Å². The van der Waals surface area contributed by atoms with Gasteiger partial charge in [0.2, 0.25) is 0 Å². The van der Waals surface area contributed by atoms with Crippen LogP contribution in [0.5, 0.6) is 0 Å². The molecule has 1 atom stereocenters. The Balaban J connectivity index is 3.40. The van der Waals surface area contributed by atoms with Gasteiger partial charge in [-0.3, -0.25) is 0 Å². The second-order valence-electron chi connectivity index (χ2n) is 3.79. The third kappa shape index (κ3) is 9.80. The molecule has 0 aliphatic rings. The molecule has 0 radical (unpaired) electrons. The summed E-state index contributed by atoms with van der Waals surface area (Å²) in [6.07, 6.45) is -3.74. The smallest absolute Gasteiger partial charge is 0.328 e. The van der Waals surface area contributed by atoms with Crippen molar-refractivity contribution >= 4 is 0 Å². The molecule has 0 aliphatic carbocycles. The fourth-order valence-electron chi connectivity index (χ4n) is 1.09. The zero-order valence-electron chi connectivity index (χ0n) is 8.77. The number of nitrogens with zero attached hydrogens (tertiary/aromatic N) is 1. The van der Waals surface area contributed by atoms with Crippen LogP contribution in [0, 0.1) is 0 Å². The molecule has 0 heterocycles. The predicted octanol–water partition coefficient (Wildman–Crippen LogP) is 2.00. The van der Waals surface area contributed by atoms with Crippen molar-refractivity contribution in [3.63, 3.8) is 0 Å². The maximum absolute atomic E-state index is 11.8. The standard InChI is InChI=1S/C9H19F3N2/c1-8(13)4-7-14(2)6-3-5-9(10,11)12/h8H,3-7,13H2,1-2H3. The molecule has 0 saturated carbocycles. The number of rotatable bonds is 6. The number of hydrogen-bond acceptors (Lipinski definition) is 2. The highest BCUT2D eigenvalue weighted by Gasteiger charge is 2.26. The summed E-state index contributed by atoms with van der Waals surface area (Å²) in [5, 5.41) is 0. The third-order valence-electron chi connectivity index (χ3n) is 1.97. The van der Waals surface area contributed by atoms with Gasteiger partial charge in [-0.2, -0.15) is 13.2 Å². The molecule has 86 valence electrons. The zero-order chi connectivity index (χ0) is 11.2. The van der Waals surface area contributed by atoms with Crippen molar-refractivity contribution in [3.8, 4) is 0 Å². The first-order valence-electron chi connectivity index (χ1n) is 4.82. The predicted molar refractivity (Wildman–Crippen MR) is 51.1 cm³/mol. The molecule has 0 saturated heterocycles. The van der Waals surface area contributed by atoms with E-state index in [2.05, 4.69) is 0 Å². The molecule has 0 amide bonds. The second-order valence-corrected chi connectivity index (χ2v) is 3.79. The summed E-state index contributed by atoms with van der Waals surface area (Å²) in [7, 11) is 1.82. The molecule has 2 N–H and O–H groups in total. The molecule has 14 heavy (non-hydrogen) atoms. The monoisotopic (exact) mass is 212 g/mol. The molecule has 2 nitrogen and oxygen atoms in total. The Morgan fingerprint density at radius 1 is 1.29 bits per heavy atom. The van der Waals surface area contributed by atoms with Crippen LogP contribution >= 0.6 is 0 Å². The molecule has 0 aliphatic heterocycles. The summed E-state index contributed by atoms with van der Waals surface area (Å²) in [4.78, 5) is 1.88. The van der Waals surface area contributed by atoms with Crippen molar-refractivity contribution in [2.45, 2.75) is 38.4 Å². The molecule has 0 aromatic carbocycles. The van der Waals surface area contributed by atoms with Crippen LogP contribution in [-0.4, -0.2) is 37.3 Å². The summed E-state index contributed by atoms with van der Waals surface area (Å²) >= 11 is 0. The maximum Gasteiger partial charge on any atom is 0.389 e. The average Bonchev–Trinajstić information content (AvgIpc) is 1.98.